The molecular weight excluding hydrogens is 268 g/mol. The van der Waals surface area contributed by atoms with Crippen molar-refractivity contribution < 1.29 is 18.4 Å². The Kier molecular flexibility index (Phi) is 4.07. The lowest BCUT2D eigenvalue weighted by Crippen LogP contribution is -2.38. The third-order valence-corrected chi connectivity index (χ3v) is 2.94. The van der Waals surface area contributed by atoms with Crippen molar-refractivity contribution in [3.8, 4) is 0 Å². The first-order valence-electron chi connectivity index (χ1n) is 6.08. The molecule has 0 fully saturated rings. The number of benzene rings is 1. The number of hydrogen-bond acceptors (Lipinski definition) is 3. The zero-order valence-corrected chi connectivity index (χ0v) is 10.7. The molecule has 0 bridgehead atoms. The van der Waals surface area contributed by atoms with Gasteiger partial charge in [0.25, 0.3) is 5.91 Å². The minimum atomic E-state index is -0.710. The normalized spacial score (nSPS) is 16.1. The summed E-state index contributed by atoms with van der Waals surface area (Å²) >= 11 is 0. The van der Waals surface area contributed by atoms with Gasteiger partial charge in [-0.15, -0.1) is 0 Å². The standard InChI is InChI=1S/C13H13F2N3O2/c1-7(9-6-8(14)2-3-10(9)15)16-13(20)11-4-5-12(19)18-17-11/h2-3,6-7H,4-5H2,1H3,(H,16,20)(H,18,19). The molecule has 1 atom stereocenters. The van der Waals surface area contributed by atoms with Crippen LogP contribution in [0.15, 0.2) is 23.3 Å². The Hall–Kier alpha value is -2.31. The molecule has 1 aliphatic rings. The highest BCUT2D eigenvalue weighted by molar-refractivity contribution is 6.39. The predicted molar refractivity (Wildman–Crippen MR) is 67.7 cm³/mol. The van der Waals surface area contributed by atoms with E-state index in [1.54, 1.807) is 0 Å². The summed E-state index contributed by atoms with van der Waals surface area (Å²) in [6.07, 6.45) is 0.394. The van der Waals surface area contributed by atoms with Crippen molar-refractivity contribution in [2.75, 3.05) is 0 Å². The molecular formula is C13H13F2N3O2. The van der Waals surface area contributed by atoms with E-state index >= 15 is 0 Å². The average molecular weight is 281 g/mol. The van der Waals surface area contributed by atoms with E-state index in [1.807, 2.05) is 0 Å². The van der Waals surface area contributed by atoms with Crippen LogP contribution in [-0.2, 0) is 9.59 Å². The molecule has 2 amide bonds. The molecule has 1 heterocycles. The lowest BCUT2D eigenvalue weighted by atomic mass is 10.1. The van der Waals surface area contributed by atoms with E-state index in [9.17, 15) is 18.4 Å². The molecule has 1 aromatic carbocycles. The smallest absolute Gasteiger partial charge is 0.267 e. The summed E-state index contributed by atoms with van der Waals surface area (Å²) in [7, 11) is 0. The van der Waals surface area contributed by atoms with Crippen molar-refractivity contribution in [3.63, 3.8) is 0 Å². The van der Waals surface area contributed by atoms with Crippen molar-refractivity contribution in [3.05, 3.63) is 35.4 Å². The van der Waals surface area contributed by atoms with Gasteiger partial charge in [-0.2, -0.15) is 5.10 Å². The van der Waals surface area contributed by atoms with Crippen LogP contribution in [-0.4, -0.2) is 17.5 Å². The van der Waals surface area contributed by atoms with E-state index in [-0.39, 0.29) is 30.0 Å². The second-order valence-electron chi connectivity index (χ2n) is 4.45. The van der Waals surface area contributed by atoms with Gasteiger partial charge in [-0.25, -0.2) is 14.2 Å². The molecule has 106 valence electrons. The zero-order valence-electron chi connectivity index (χ0n) is 10.7. The van der Waals surface area contributed by atoms with Crippen molar-refractivity contribution in [1.29, 1.82) is 0 Å². The lowest BCUT2D eigenvalue weighted by Gasteiger charge is -2.17. The van der Waals surface area contributed by atoms with Crippen LogP contribution in [0.5, 0.6) is 0 Å². The van der Waals surface area contributed by atoms with Crippen molar-refractivity contribution in [2.24, 2.45) is 5.10 Å². The number of nitrogens with zero attached hydrogens (tertiary/aromatic N) is 1. The fraction of sp³-hybridized carbons (Fsp3) is 0.308. The van der Waals surface area contributed by atoms with Crippen LogP contribution >= 0.6 is 0 Å². The number of carbonyl (C=O) groups excluding carboxylic acids is 2. The Balaban J connectivity index is 2.07. The monoisotopic (exact) mass is 281 g/mol. The van der Waals surface area contributed by atoms with Crippen molar-refractivity contribution >= 4 is 17.5 Å². The molecule has 0 aliphatic carbocycles. The van der Waals surface area contributed by atoms with Crippen LogP contribution in [0.3, 0.4) is 0 Å². The Labute approximate surface area is 114 Å². The van der Waals surface area contributed by atoms with Gasteiger partial charge in [0.2, 0.25) is 5.91 Å². The zero-order chi connectivity index (χ0) is 14.7. The topological polar surface area (TPSA) is 70.6 Å². The second kappa shape index (κ2) is 5.77. The molecule has 1 aromatic rings. The van der Waals surface area contributed by atoms with Gasteiger partial charge in [0.05, 0.1) is 6.04 Å². The maximum Gasteiger partial charge on any atom is 0.267 e. The number of rotatable bonds is 3. The van der Waals surface area contributed by atoms with Gasteiger partial charge in [0.15, 0.2) is 0 Å². The molecule has 1 unspecified atom stereocenters. The van der Waals surface area contributed by atoms with E-state index in [0.29, 0.717) is 0 Å². The Morgan fingerprint density at radius 2 is 2.15 bits per heavy atom. The Morgan fingerprint density at radius 1 is 1.40 bits per heavy atom. The summed E-state index contributed by atoms with van der Waals surface area (Å²) in [6.45, 7) is 1.54. The number of carbonyl (C=O) groups is 2. The van der Waals surface area contributed by atoms with E-state index in [2.05, 4.69) is 15.8 Å². The average Bonchev–Trinajstić information content (AvgIpc) is 2.42. The first-order chi connectivity index (χ1) is 9.47. The molecule has 0 saturated carbocycles. The van der Waals surface area contributed by atoms with E-state index in [1.165, 1.54) is 6.92 Å². The van der Waals surface area contributed by atoms with Crippen molar-refractivity contribution in [1.82, 2.24) is 10.7 Å². The van der Waals surface area contributed by atoms with Crippen LogP contribution in [0.1, 0.15) is 31.4 Å². The summed E-state index contributed by atoms with van der Waals surface area (Å²) in [6, 6.07) is 2.34. The molecule has 2 rings (SSSR count). The number of nitrogens with one attached hydrogen (secondary N) is 2. The third-order valence-electron chi connectivity index (χ3n) is 2.94. The minimum absolute atomic E-state index is 0.0544. The van der Waals surface area contributed by atoms with E-state index in [0.717, 1.165) is 18.2 Å². The SMILES string of the molecule is CC(NC(=O)C1=NNC(=O)CC1)c1cc(F)ccc1F. The van der Waals surface area contributed by atoms with Gasteiger partial charge >= 0.3 is 0 Å². The molecule has 7 heteroatoms. The maximum absolute atomic E-state index is 13.6. The van der Waals surface area contributed by atoms with Crippen LogP contribution in [0, 0.1) is 11.6 Å². The van der Waals surface area contributed by atoms with Gasteiger partial charge in [-0.05, 0) is 25.1 Å². The summed E-state index contributed by atoms with van der Waals surface area (Å²) in [4.78, 5) is 22.8. The van der Waals surface area contributed by atoms with Crippen molar-refractivity contribution in [2.45, 2.75) is 25.8 Å². The highest BCUT2D eigenvalue weighted by Crippen LogP contribution is 2.18. The van der Waals surface area contributed by atoms with Crippen LogP contribution in [0.2, 0.25) is 0 Å². The second-order valence-corrected chi connectivity index (χ2v) is 4.45. The largest absolute Gasteiger partial charge is 0.344 e. The van der Waals surface area contributed by atoms with Gasteiger partial charge in [0, 0.05) is 18.4 Å². The first-order valence-corrected chi connectivity index (χ1v) is 6.08. The predicted octanol–water partition coefficient (Wildman–Crippen LogP) is 1.41. The minimum Gasteiger partial charge on any atom is -0.344 e. The fourth-order valence-corrected chi connectivity index (χ4v) is 1.84. The molecule has 0 aromatic heterocycles. The Bertz CT molecular complexity index is 587. The maximum atomic E-state index is 13.6. The number of hydrazone groups is 1. The highest BCUT2D eigenvalue weighted by atomic mass is 19.1. The van der Waals surface area contributed by atoms with Crippen LogP contribution in [0.25, 0.3) is 0 Å². The number of halogens is 2. The lowest BCUT2D eigenvalue weighted by molar-refractivity contribution is -0.121. The van der Waals surface area contributed by atoms with Gasteiger partial charge in [-0.1, -0.05) is 0 Å². The summed E-state index contributed by atoms with van der Waals surface area (Å²) in [5.41, 5.74) is 2.42. The van der Waals surface area contributed by atoms with E-state index < -0.39 is 23.6 Å². The van der Waals surface area contributed by atoms with Gasteiger partial charge < -0.3 is 5.32 Å². The molecule has 0 radical (unpaired) electrons. The highest BCUT2D eigenvalue weighted by Gasteiger charge is 2.21. The number of amides is 2. The first kappa shape index (κ1) is 14.1. The summed E-state index contributed by atoms with van der Waals surface area (Å²) < 4.78 is 26.7. The van der Waals surface area contributed by atoms with Crippen LogP contribution < -0.4 is 10.7 Å². The number of hydrogen-bond donors (Lipinski definition) is 2. The quantitative estimate of drug-likeness (QED) is 0.879. The van der Waals surface area contributed by atoms with Gasteiger partial charge in [-0.3, -0.25) is 9.59 Å². The molecule has 20 heavy (non-hydrogen) atoms. The van der Waals surface area contributed by atoms with Crippen LogP contribution in [0.4, 0.5) is 8.78 Å². The molecule has 2 N–H and O–H groups in total. The summed E-state index contributed by atoms with van der Waals surface area (Å²) in [5.74, 6) is -1.95. The van der Waals surface area contributed by atoms with E-state index in [4.69, 9.17) is 0 Å². The molecule has 0 spiro atoms. The third kappa shape index (κ3) is 3.17. The van der Waals surface area contributed by atoms with Gasteiger partial charge in [0.1, 0.15) is 17.3 Å². The summed E-state index contributed by atoms with van der Waals surface area (Å²) in [5, 5.41) is 6.16. The Morgan fingerprint density at radius 3 is 2.80 bits per heavy atom. The molecule has 5 nitrogen and oxygen atoms in total. The molecule has 0 saturated heterocycles. The molecule has 1 aliphatic heterocycles. The fourth-order valence-electron chi connectivity index (χ4n) is 1.84.